The number of hydrogen-bond donors (Lipinski definition) is 1. The van der Waals surface area contributed by atoms with Crippen molar-refractivity contribution in [1.82, 2.24) is 9.88 Å². The van der Waals surface area contributed by atoms with Crippen molar-refractivity contribution in [1.29, 1.82) is 0 Å². The van der Waals surface area contributed by atoms with Gasteiger partial charge in [0.1, 0.15) is 5.82 Å². The van der Waals surface area contributed by atoms with E-state index in [-0.39, 0.29) is 11.9 Å². The first-order valence-corrected chi connectivity index (χ1v) is 6.07. The first-order valence-electron chi connectivity index (χ1n) is 6.07. The van der Waals surface area contributed by atoms with Gasteiger partial charge >= 0.3 is 0 Å². The number of nitrogens with zero attached hydrogens (tertiary/aromatic N) is 2. The van der Waals surface area contributed by atoms with Crippen molar-refractivity contribution >= 4 is 11.7 Å². The van der Waals surface area contributed by atoms with Crippen LogP contribution in [0.4, 0.5) is 5.82 Å². The lowest BCUT2D eigenvalue weighted by molar-refractivity contribution is 0.0741. The molecular weight excluding hydrogens is 214 g/mol. The van der Waals surface area contributed by atoms with Gasteiger partial charge in [0.05, 0.1) is 5.56 Å². The second-order valence-electron chi connectivity index (χ2n) is 4.10. The Morgan fingerprint density at radius 2 is 2.24 bits per heavy atom. The minimum absolute atomic E-state index is 0.0170. The highest BCUT2D eigenvalue weighted by Crippen LogP contribution is 2.15. The number of aromatic nitrogens is 1. The molecule has 4 heteroatoms. The zero-order chi connectivity index (χ0) is 12.8. The van der Waals surface area contributed by atoms with Crippen molar-refractivity contribution in [3.05, 3.63) is 23.9 Å². The number of carbonyl (C=O) groups excluding carboxylic acids is 1. The van der Waals surface area contributed by atoms with Gasteiger partial charge in [-0.2, -0.15) is 0 Å². The van der Waals surface area contributed by atoms with Crippen molar-refractivity contribution in [3.63, 3.8) is 0 Å². The summed E-state index contributed by atoms with van der Waals surface area (Å²) in [5.74, 6) is 0.679. The summed E-state index contributed by atoms with van der Waals surface area (Å²) in [7, 11) is 1.83. The Labute approximate surface area is 103 Å². The highest BCUT2D eigenvalue weighted by atomic mass is 16.2. The zero-order valence-electron chi connectivity index (χ0n) is 11.0. The molecule has 17 heavy (non-hydrogen) atoms. The van der Waals surface area contributed by atoms with Gasteiger partial charge < -0.3 is 10.2 Å². The van der Waals surface area contributed by atoms with Gasteiger partial charge in [0.25, 0.3) is 5.91 Å². The number of pyridine rings is 1. The molecule has 0 spiro atoms. The molecule has 0 aromatic carbocycles. The van der Waals surface area contributed by atoms with Gasteiger partial charge in [-0.1, -0.05) is 6.92 Å². The van der Waals surface area contributed by atoms with Crippen molar-refractivity contribution < 1.29 is 4.79 Å². The van der Waals surface area contributed by atoms with Gasteiger partial charge in [-0.15, -0.1) is 0 Å². The molecule has 0 aliphatic heterocycles. The summed E-state index contributed by atoms with van der Waals surface area (Å²) in [5, 5.41) is 3.11. The summed E-state index contributed by atoms with van der Waals surface area (Å²) in [6.45, 7) is 6.86. The minimum Gasteiger partial charge on any atom is -0.370 e. The largest absolute Gasteiger partial charge is 0.370 e. The predicted molar refractivity (Wildman–Crippen MR) is 70.2 cm³/mol. The Kier molecular flexibility index (Phi) is 4.94. The summed E-state index contributed by atoms with van der Waals surface area (Å²) < 4.78 is 0. The number of anilines is 1. The van der Waals surface area contributed by atoms with E-state index < -0.39 is 0 Å². The quantitative estimate of drug-likeness (QED) is 0.852. The van der Waals surface area contributed by atoms with Gasteiger partial charge in [-0.25, -0.2) is 4.98 Å². The number of rotatable bonds is 5. The third kappa shape index (κ3) is 3.19. The van der Waals surface area contributed by atoms with Gasteiger partial charge in [-0.05, 0) is 32.4 Å². The topological polar surface area (TPSA) is 45.2 Å². The fourth-order valence-electron chi connectivity index (χ4n) is 1.55. The maximum atomic E-state index is 12.3. The molecule has 1 atom stereocenters. The molecule has 1 rings (SSSR count). The molecule has 0 radical (unpaired) electrons. The summed E-state index contributed by atoms with van der Waals surface area (Å²) >= 11 is 0. The molecule has 4 nitrogen and oxygen atoms in total. The van der Waals surface area contributed by atoms with Gasteiger partial charge in [0.2, 0.25) is 0 Å². The van der Waals surface area contributed by atoms with Crippen LogP contribution in [-0.4, -0.2) is 35.4 Å². The number of hydrogen-bond acceptors (Lipinski definition) is 3. The van der Waals surface area contributed by atoms with Crippen LogP contribution in [0.15, 0.2) is 18.3 Å². The monoisotopic (exact) mass is 235 g/mol. The van der Waals surface area contributed by atoms with E-state index in [9.17, 15) is 4.79 Å². The summed E-state index contributed by atoms with van der Waals surface area (Å²) in [5.41, 5.74) is 0.636. The van der Waals surface area contributed by atoms with Crippen molar-refractivity contribution in [2.45, 2.75) is 33.2 Å². The molecule has 0 fully saturated rings. The van der Waals surface area contributed by atoms with E-state index in [1.54, 1.807) is 17.2 Å². The molecule has 1 heterocycles. The molecule has 0 aliphatic rings. The molecule has 0 saturated heterocycles. The van der Waals surface area contributed by atoms with E-state index in [1.165, 1.54) is 0 Å². The van der Waals surface area contributed by atoms with Gasteiger partial charge in [-0.3, -0.25) is 4.79 Å². The van der Waals surface area contributed by atoms with E-state index in [0.29, 0.717) is 11.4 Å². The van der Waals surface area contributed by atoms with Crippen LogP contribution < -0.4 is 5.32 Å². The Morgan fingerprint density at radius 1 is 1.53 bits per heavy atom. The Morgan fingerprint density at radius 3 is 2.82 bits per heavy atom. The van der Waals surface area contributed by atoms with E-state index in [1.807, 2.05) is 27.0 Å². The van der Waals surface area contributed by atoms with E-state index >= 15 is 0 Å². The summed E-state index contributed by atoms with van der Waals surface area (Å²) in [6.07, 6.45) is 2.64. The summed E-state index contributed by atoms with van der Waals surface area (Å²) in [4.78, 5) is 18.2. The second-order valence-corrected chi connectivity index (χ2v) is 4.10. The maximum Gasteiger partial charge on any atom is 0.257 e. The zero-order valence-corrected chi connectivity index (χ0v) is 11.0. The average molecular weight is 235 g/mol. The molecular formula is C13H21N3O. The first kappa shape index (κ1) is 13.5. The van der Waals surface area contributed by atoms with Crippen LogP contribution in [-0.2, 0) is 0 Å². The van der Waals surface area contributed by atoms with E-state index in [2.05, 4.69) is 17.2 Å². The second kappa shape index (κ2) is 6.23. The molecule has 0 aliphatic carbocycles. The lowest BCUT2D eigenvalue weighted by Crippen LogP contribution is -2.35. The Hall–Kier alpha value is -1.58. The van der Waals surface area contributed by atoms with Crippen LogP contribution in [0.2, 0.25) is 0 Å². The van der Waals surface area contributed by atoms with Gasteiger partial charge in [0, 0.05) is 25.8 Å². The Bertz CT molecular complexity index is 379. The SMILES string of the molecule is CCNc1ncccc1C(=O)N(C)C(C)CC. The molecule has 0 saturated carbocycles. The third-order valence-corrected chi connectivity index (χ3v) is 2.95. The maximum absolute atomic E-state index is 12.3. The Balaban J connectivity index is 2.95. The van der Waals surface area contributed by atoms with Crippen LogP contribution in [0.25, 0.3) is 0 Å². The third-order valence-electron chi connectivity index (χ3n) is 2.95. The van der Waals surface area contributed by atoms with Crippen molar-refractivity contribution in [3.8, 4) is 0 Å². The van der Waals surface area contributed by atoms with Crippen LogP contribution in [0.1, 0.15) is 37.6 Å². The lowest BCUT2D eigenvalue weighted by atomic mass is 10.1. The predicted octanol–water partition coefficient (Wildman–Crippen LogP) is 2.38. The van der Waals surface area contributed by atoms with Gasteiger partial charge in [0.15, 0.2) is 0 Å². The van der Waals surface area contributed by atoms with E-state index in [4.69, 9.17) is 0 Å². The fraction of sp³-hybridized carbons (Fsp3) is 0.538. The van der Waals surface area contributed by atoms with Crippen molar-refractivity contribution in [2.75, 3.05) is 18.9 Å². The molecule has 1 unspecified atom stereocenters. The molecule has 1 aromatic rings. The van der Waals surface area contributed by atoms with Crippen molar-refractivity contribution in [2.24, 2.45) is 0 Å². The van der Waals surface area contributed by atoms with Crippen LogP contribution in [0.5, 0.6) is 0 Å². The fourth-order valence-corrected chi connectivity index (χ4v) is 1.55. The van der Waals surface area contributed by atoms with Crippen LogP contribution in [0.3, 0.4) is 0 Å². The molecule has 1 amide bonds. The van der Waals surface area contributed by atoms with Crippen LogP contribution in [0, 0.1) is 0 Å². The first-order chi connectivity index (χ1) is 8.11. The molecule has 1 N–H and O–H groups in total. The van der Waals surface area contributed by atoms with E-state index in [0.717, 1.165) is 13.0 Å². The standard InChI is InChI=1S/C13H21N3O/c1-5-10(3)16(4)13(17)11-8-7-9-15-12(11)14-6-2/h7-10H,5-6H2,1-4H3,(H,14,15). The number of nitrogens with one attached hydrogen (secondary N) is 1. The smallest absolute Gasteiger partial charge is 0.257 e. The normalized spacial score (nSPS) is 12.0. The van der Waals surface area contributed by atoms with Crippen LogP contribution >= 0.6 is 0 Å². The average Bonchev–Trinajstić information content (AvgIpc) is 2.37. The number of carbonyl (C=O) groups is 1. The highest BCUT2D eigenvalue weighted by Gasteiger charge is 2.19. The minimum atomic E-state index is 0.0170. The molecule has 1 aromatic heterocycles. The summed E-state index contributed by atoms with van der Waals surface area (Å²) in [6, 6.07) is 3.84. The molecule has 94 valence electrons. The molecule has 0 bridgehead atoms. The lowest BCUT2D eigenvalue weighted by Gasteiger charge is -2.24. The number of amides is 1. The highest BCUT2D eigenvalue weighted by molar-refractivity contribution is 5.98.